The van der Waals surface area contributed by atoms with E-state index in [0.717, 1.165) is 38.3 Å². The molecule has 128 valence electrons. The number of anilines is 1. The lowest BCUT2D eigenvalue weighted by atomic mass is 9.96. The van der Waals surface area contributed by atoms with Gasteiger partial charge < -0.3 is 14.5 Å². The first-order valence-electron chi connectivity index (χ1n) is 7.92. The van der Waals surface area contributed by atoms with Crippen LogP contribution >= 0.6 is 11.3 Å². The van der Waals surface area contributed by atoms with E-state index in [0.29, 0.717) is 17.5 Å². The Hall–Kier alpha value is -2.22. The lowest BCUT2D eigenvalue weighted by Crippen LogP contribution is -2.41. The van der Waals surface area contributed by atoms with E-state index in [1.54, 1.807) is 25.0 Å². The summed E-state index contributed by atoms with van der Waals surface area (Å²) in [5.74, 6) is 1.84. The summed E-state index contributed by atoms with van der Waals surface area (Å²) in [6.07, 6.45) is 5.24. The Morgan fingerprint density at radius 2 is 2.08 bits per heavy atom. The van der Waals surface area contributed by atoms with E-state index in [-0.39, 0.29) is 5.91 Å². The number of carbonyl (C=O) groups is 1. The molecule has 1 aliphatic heterocycles. The van der Waals surface area contributed by atoms with Crippen molar-refractivity contribution in [1.82, 2.24) is 19.9 Å². The summed E-state index contributed by atoms with van der Waals surface area (Å²) in [6.45, 7) is 2.41. The predicted octanol–water partition coefficient (Wildman–Crippen LogP) is 1.93. The number of amides is 1. The SMILES string of the molecule is COc1nccnc1N(C)CC1CCN(C(=O)c2cscn2)CC1. The van der Waals surface area contributed by atoms with E-state index < -0.39 is 0 Å². The van der Waals surface area contributed by atoms with Gasteiger partial charge in [0.25, 0.3) is 11.8 Å². The highest BCUT2D eigenvalue weighted by Crippen LogP contribution is 2.25. The number of rotatable bonds is 5. The quantitative estimate of drug-likeness (QED) is 0.823. The fourth-order valence-corrected chi connectivity index (χ4v) is 3.52. The first kappa shape index (κ1) is 16.6. The molecule has 1 fully saturated rings. The lowest BCUT2D eigenvalue weighted by Gasteiger charge is -2.34. The summed E-state index contributed by atoms with van der Waals surface area (Å²) in [5, 5.41) is 1.81. The number of ether oxygens (including phenoxy) is 1. The highest BCUT2D eigenvalue weighted by molar-refractivity contribution is 7.07. The van der Waals surface area contributed by atoms with E-state index >= 15 is 0 Å². The second kappa shape index (κ2) is 7.57. The van der Waals surface area contributed by atoms with Gasteiger partial charge >= 0.3 is 0 Å². The molecule has 8 heteroatoms. The maximum Gasteiger partial charge on any atom is 0.273 e. The van der Waals surface area contributed by atoms with Gasteiger partial charge in [0.2, 0.25) is 0 Å². The van der Waals surface area contributed by atoms with E-state index in [4.69, 9.17) is 4.74 Å². The van der Waals surface area contributed by atoms with Crippen molar-refractivity contribution in [3.05, 3.63) is 29.0 Å². The molecule has 3 rings (SSSR count). The zero-order valence-corrected chi connectivity index (χ0v) is 14.7. The summed E-state index contributed by atoms with van der Waals surface area (Å²) in [6, 6.07) is 0. The molecule has 1 saturated heterocycles. The summed E-state index contributed by atoms with van der Waals surface area (Å²) in [5.41, 5.74) is 2.25. The number of thiazole rings is 1. The van der Waals surface area contributed by atoms with Crippen molar-refractivity contribution in [2.45, 2.75) is 12.8 Å². The van der Waals surface area contributed by atoms with Crippen LogP contribution in [0.4, 0.5) is 5.82 Å². The molecule has 0 unspecified atom stereocenters. The third-order valence-electron chi connectivity index (χ3n) is 4.29. The fraction of sp³-hybridized carbons (Fsp3) is 0.500. The van der Waals surface area contributed by atoms with Gasteiger partial charge in [0.05, 0.1) is 12.6 Å². The average molecular weight is 347 g/mol. The second-order valence-electron chi connectivity index (χ2n) is 5.88. The molecular formula is C16H21N5O2S. The molecule has 3 heterocycles. The van der Waals surface area contributed by atoms with Gasteiger partial charge in [-0.2, -0.15) is 0 Å². The molecule has 0 aromatic carbocycles. The van der Waals surface area contributed by atoms with Crippen LogP contribution in [0.15, 0.2) is 23.3 Å². The second-order valence-corrected chi connectivity index (χ2v) is 6.60. The van der Waals surface area contributed by atoms with Crippen molar-refractivity contribution in [2.75, 3.05) is 38.7 Å². The third-order valence-corrected chi connectivity index (χ3v) is 4.87. The van der Waals surface area contributed by atoms with E-state index in [2.05, 4.69) is 19.9 Å². The van der Waals surface area contributed by atoms with Gasteiger partial charge in [-0.15, -0.1) is 11.3 Å². The molecule has 0 spiro atoms. The molecule has 0 atom stereocenters. The molecule has 2 aromatic rings. The smallest absolute Gasteiger partial charge is 0.273 e. The number of nitrogens with zero attached hydrogens (tertiary/aromatic N) is 5. The standard InChI is InChI=1S/C16H21N5O2S/c1-20(14-15(23-2)18-6-5-17-14)9-12-3-7-21(8-4-12)16(22)13-10-24-11-19-13/h5-6,10-12H,3-4,7-9H2,1-2H3. The summed E-state index contributed by atoms with van der Waals surface area (Å²) in [7, 11) is 3.60. The van der Waals surface area contributed by atoms with Crippen molar-refractivity contribution in [3.63, 3.8) is 0 Å². The van der Waals surface area contributed by atoms with Crippen molar-refractivity contribution >= 4 is 23.1 Å². The molecule has 1 aliphatic rings. The zero-order valence-electron chi connectivity index (χ0n) is 13.9. The Morgan fingerprint density at radius 3 is 2.75 bits per heavy atom. The fourth-order valence-electron chi connectivity index (χ4n) is 3.00. The Morgan fingerprint density at radius 1 is 1.33 bits per heavy atom. The van der Waals surface area contributed by atoms with Crippen LogP contribution in [0.3, 0.4) is 0 Å². The van der Waals surface area contributed by atoms with E-state index in [1.807, 2.05) is 17.3 Å². The normalized spacial score (nSPS) is 15.3. The minimum atomic E-state index is 0.0404. The van der Waals surface area contributed by atoms with Crippen LogP contribution < -0.4 is 9.64 Å². The molecule has 7 nitrogen and oxygen atoms in total. The molecular weight excluding hydrogens is 326 g/mol. The van der Waals surface area contributed by atoms with Crippen molar-refractivity contribution in [2.24, 2.45) is 5.92 Å². The summed E-state index contributed by atoms with van der Waals surface area (Å²) >= 11 is 1.45. The maximum absolute atomic E-state index is 12.3. The topological polar surface area (TPSA) is 71.5 Å². The number of aromatic nitrogens is 3. The minimum Gasteiger partial charge on any atom is -0.478 e. The lowest BCUT2D eigenvalue weighted by molar-refractivity contribution is 0.0688. The first-order valence-corrected chi connectivity index (χ1v) is 8.87. The Kier molecular flexibility index (Phi) is 5.24. The van der Waals surface area contributed by atoms with Gasteiger partial charge in [-0.05, 0) is 18.8 Å². The molecule has 24 heavy (non-hydrogen) atoms. The molecule has 0 aliphatic carbocycles. The van der Waals surface area contributed by atoms with Crippen molar-refractivity contribution in [3.8, 4) is 5.88 Å². The van der Waals surface area contributed by atoms with Crippen LogP contribution in [-0.2, 0) is 0 Å². The van der Waals surface area contributed by atoms with E-state index in [1.165, 1.54) is 11.3 Å². The van der Waals surface area contributed by atoms with Gasteiger partial charge in [0.1, 0.15) is 5.69 Å². The van der Waals surface area contributed by atoms with Crippen LogP contribution in [0.25, 0.3) is 0 Å². The summed E-state index contributed by atoms with van der Waals surface area (Å²) < 4.78 is 5.27. The van der Waals surface area contributed by atoms with E-state index in [9.17, 15) is 4.79 Å². The van der Waals surface area contributed by atoms with Gasteiger partial charge in [0, 0.05) is 44.5 Å². The maximum atomic E-state index is 12.3. The van der Waals surface area contributed by atoms with Crippen LogP contribution in [0.2, 0.25) is 0 Å². The molecule has 2 aromatic heterocycles. The highest BCUT2D eigenvalue weighted by Gasteiger charge is 2.26. The Labute approximate surface area is 145 Å². The third kappa shape index (κ3) is 3.64. The van der Waals surface area contributed by atoms with Crippen LogP contribution in [-0.4, -0.2) is 59.6 Å². The van der Waals surface area contributed by atoms with Crippen LogP contribution in [0.5, 0.6) is 5.88 Å². The monoisotopic (exact) mass is 347 g/mol. The average Bonchev–Trinajstić information content (AvgIpc) is 3.16. The number of hydrogen-bond donors (Lipinski definition) is 0. The largest absolute Gasteiger partial charge is 0.478 e. The van der Waals surface area contributed by atoms with Crippen molar-refractivity contribution < 1.29 is 9.53 Å². The zero-order chi connectivity index (χ0) is 16.9. The van der Waals surface area contributed by atoms with Gasteiger partial charge in [-0.3, -0.25) is 4.79 Å². The molecule has 0 saturated carbocycles. The molecule has 1 amide bonds. The van der Waals surface area contributed by atoms with Gasteiger partial charge in [-0.1, -0.05) is 0 Å². The highest BCUT2D eigenvalue weighted by atomic mass is 32.1. The minimum absolute atomic E-state index is 0.0404. The predicted molar refractivity (Wildman–Crippen MR) is 92.6 cm³/mol. The molecule has 0 N–H and O–H groups in total. The number of likely N-dealkylation sites (tertiary alicyclic amines) is 1. The first-order chi connectivity index (χ1) is 11.7. The Bertz CT molecular complexity index is 671. The number of methoxy groups -OCH3 is 1. The van der Waals surface area contributed by atoms with Crippen LogP contribution in [0, 0.1) is 5.92 Å². The molecule has 0 bridgehead atoms. The number of carbonyl (C=O) groups excluding carboxylic acids is 1. The Balaban J connectivity index is 1.54. The summed E-state index contributed by atoms with van der Waals surface area (Å²) in [4.78, 5) is 29.0. The van der Waals surface area contributed by atoms with Gasteiger partial charge in [0.15, 0.2) is 5.82 Å². The van der Waals surface area contributed by atoms with Gasteiger partial charge in [-0.25, -0.2) is 15.0 Å². The number of hydrogen-bond acceptors (Lipinski definition) is 7. The molecule has 0 radical (unpaired) electrons. The van der Waals surface area contributed by atoms with Crippen molar-refractivity contribution in [1.29, 1.82) is 0 Å². The van der Waals surface area contributed by atoms with Crippen LogP contribution in [0.1, 0.15) is 23.3 Å². The number of piperidine rings is 1.